The van der Waals surface area contributed by atoms with Gasteiger partial charge in [0, 0.05) is 0 Å². The average Bonchev–Trinajstić information content (AvgIpc) is 2.70. The fraction of sp³-hybridized carbons (Fsp3) is 0.793. The Morgan fingerprint density at radius 2 is 1.52 bits per heavy atom. The highest BCUT2D eigenvalue weighted by molar-refractivity contribution is 5.41. The van der Waals surface area contributed by atoms with E-state index in [9.17, 15) is 5.11 Å². The first kappa shape index (κ1) is 21.8. The predicted molar refractivity (Wildman–Crippen MR) is 127 cm³/mol. The van der Waals surface area contributed by atoms with E-state index in [-0.39, 0.29) is 0 Å². The summed E-state index contributed by atoms with van der Waals surface area (Å²) in [6.07, 6.45) is 10.4. The van der Waals surface area contributed by atoms with Gasteiger partial charge in [0.05, 0.1) is 12.7 Å². The second kappa shape index (κ2) is 8.08. The zero-order chi connectivity index (χ0) is 21.9. The van der Waals surface area contributed by atoms with Gasteiger partial charge in [-0.2, -0.15) is 0 Å². The van der Waals surface area contributed by atoms with Gasteiger partial charge in [0.2, 0.25) is 0 Å². The van der Waals surface area contributed by atoms with Crippen LogP contribution in [0.5, 0.6) is 5.75 Å². The van der Waals surface area contributed by atoms with E-state index < -0.39 is 5.60 Å². The third-order valence-electron chi connectivity index (χ3n) is 10.0. The molecule has 4 aliphatic rings. The van der Waals surface area contributed by atoms with Crippen molar-refractivity contribution in [3.63, 3.8) is 0 Å². The Hall–Kier alpha value is -1.02. The van der Waals surface area contributed by atoms with Gasteiger partial charge in [-0.25, -0.2) is 0 Å². The monoisotopic (exact) mass is 424 g/mol. The van der Waals surface area contributed by atoms with E-state index in [1.54, 1.807) is 7.11 Å². The summed E-state index contributed by atoms with van der Waals surface area (Å²) in [6, 6.07) is 6.88. The number of hydrogen-bond donors (Lipinski definition) is 1. The molecule has 172 valence electrons. The lowest BCUT2D eigenvalue weighted by Crippen LogP contribution is -2.49. The second-order valence-corrected chi connectivity index (χ2v) is 12.5. The summed E-state index contributed by atoms with van der Waals surface area (Å²) in [5.74, 6) is 7.05. The van der Waals surface area contributed by atoms with Crippen molar-refractivity contribution in [3.8, 4) is 5.75 Å². The third kappa shape index (κ3) is 3.75. The molecule has 10 unspecified atom stereocenters. The van der Waals surface area contributed by atoms with Crippen LogP contribution in [0.3, 0.4) is 0 Å². The van der Waals surface area contributed by atoms with Crippen molar-refractivity contribution in [1.29, 1.82) is 0 Å². The maximum Gasteiger partial charge on any atom is 0.119 e. The van der Waals surface area contributed by atoms with Crippen molar-refractivity contribution in [3.05, 3.63) is 29.3 Å². The minimum Gasteiger partial charge on any atom is -0.497 e. The lowest BCUT2D eigenvalue weighted by molar-refractivity contribution is -0.132. The largest absolute Gasteiger partial charge is 0.497 e. The Labute approximate surface area is 190 Å². The Morgan fingerprint density at radius 1 is 0.806 bits per heavy atom. The first-order valence-corrected chi connectivity index (χ1v) is 13.2. The van der Waals surface area contributed by atoms with Gasteiger partial charge in [-0.1, -0.05) is 33.8 Å². The van der Waals surface area contributed by atoms with Gasteiger partial charge in [-0.05, 0) is 128 Å². The molecule has 1 N–H and O–H groups in total. The Kier molecular flexibility index (Phi) is 5.69. The molecular weight excluding hydrogens is 380 g/mol. The smallest absolute Gasteiger partial charge is 0.119 e. The summed E-state index contributed by atoms with van der Waals surface area (Å²) in [5.41, 5.74) is 1.87. The molecule has 0 aliphatic heterocycles. The summed E-state index contributed by atoms with van der Waals surface area (Å²) in [7, 11) is 1.79. The fourth-order valence-corrected chi connectivity index (χ4v) is 9.09. The molecule has 1 aromatic rings. The number of aliphatic hydroxyl groups is 1. The molecular formula is C29H44O2. The standard InChI is InChI=1S/C29H44O2/c1-17-6-21-10-19(3)28(23(8-17)12-21)24-14-26(16-27(15-24)31-5)29(30)20(4)11-22-7-18(2)9-25(29)13-22/h14-23,25,28,30H,6-13H2,1-5H3. The molecule has 10 atom stereocenters. The van der Waals surface area contributed by atoms with Crippen LogP contribution in [0.15, 0.2) is 18.2 Å². The molecule has 4 bridgehead atoms. The molecule has 0 aromatic heterocycles. The van der Waals surface area contributed by atoms with Crippen molar-refractivity contribution < 1.29 is 9.84 Å². The van der Waals surface area contributed by atoms with Gasteiger partial charge in [0.25, 0.3) is 0 Å². The highest BCUT2D eigenvalue weighted by Crippen LogP contribution is 2.56. The maximum atomic E-state index is 12.3. The van der Waals surface area contributed by atoms with Crippen LogP contribution in [0.4, 0.5) is 0 Å². The van der Waals surface area contributed by atoms with Crippen molar-refractivity contribution in [2.75, 3.05) is 7.11 Å². The highest BCUT2D eigenvalue weighted by Gasteiger charge is 2.51. The van der Waals surface area contributed by atoms with Gasteiger partial charge >= 0.3 is 0 Å². The molecule has 0 radical (unpaired) electrons. The zero-order valence-electron chi connectivity index (χ0n) is 20.4. The maximum absolute atomic E-state index is 12.3. The van der Waals surface area contributed by atoms with Crippen molar-refractivity contribution >= 4 is 0 Å². The molecule has 0 saturated heterocycles. The van der Waals surface area contributed by atoms with Gasteiger partial charge in [-0.3, -0.25) is 0 Å². The van der Waals surface area contributed by atoms with Crippen molar-refractivity contribution in [2.45, 2.75) is 90.6 Å². The Morgan fingerprint density at radius 3 is 2.26 bits per heavy atom. The number of rotatable bonds is 3. The fourth-order valence-electron chi connectivity index (χ4n) is 9.09. The van der Waals surface area contributed by atoms with E-state index in [1.165, 1.54) is 44.1 Å². The van der Waals surface area contributed by atoms with E-state index in [1.807, 2.05) is 0 Å². The third-order valence-corrected chi connectivity index (χ3v) is 10.0. The molecule has 0 amide bonds. The van der Waals surface area contributed by atoms with Gasteiger partial charge in [0.15, 0.2) is 0 Å². The lowest BCUT2D eigenvalue weighted by Gasteiger charge is -2.52. The predicted octanol–water partition coefficient (Wildman–Crippen LogP) is 7.15. The zero-order valence-corrected chi connectivity index (χ0v) is 20.4. The summed E-state index contributed by atoms with van der Waals surface area (Å²) in [4.78, 5) is 0. The van der Waals surface area contributed by atoms with Crippen LogP contribution in [-0.4, -0.2) is 12.2 Å². The summed E-state index contributed by atoms with van der Waals surface area (Å²) >= 11 is 0. The molecule has 31 heavy (non-hydrogen) atoms. The number of fused-ring (bicyclic) bond motifs is 4. The Balaban J connectivity index is 1.54. The van der Waals surface area contributed by atoms with Crippen molar-refractivity contribution in [1.82, 2.24) is 0 Å². The van der Waals surface area contributed by atoms with Gasteiger partial charge < -0.3 is 9.84 Å². The van der Waals surface area contributed by atoms with Crippen LogP contribution < -0.4 is 4.74 Å². The van der Waals surface area contributed by atoms with E-state index in [2.05, 4.69) is 45.9 Å². The normalized spacial score (nSPS) is 47.1. The summed E-state index contributed by atoms with van der Waals surface area (Å²) in [6.45, 7) is 9.61. The van der Waals surface area contributed by atoms with Crippen molar-refractivity contribution in [2.24, 2.45) is 47.3 Å². The van der Waals surface area contributed by atoms with Crippen LogP contribution in [0.25, 0.3) is 0 Å². The van der Waals surface area contributed by atoms with Crippen LogP contribution >= 0.6 is 0 Å². The van der Waals surface area contributed by atoms with Crippen LogP contribution in [0, 0.1) is 47.3 Å². The first-order valence-electron chi connectivity index (χ1n) is 13.2. The molecule has 2 heteroatoms. The van der Waals surface area contributed by atoms with Crippen LogP contribution in [0.2, 0.25) is 0 Å². The molecule has 0 heterocycles. The van der Waals surface area contributed by atoms with Gasteiger partial charge in [-0.15, -0.1) is 0 Å². The van der Waals surface area contributed by atoms with E-state index >= 15 is 0 Å². The quantitative estimate of drug-likeness (QED) is 0.558. The number of benzene rings is 1. The number of hydrogen-bond acceptors (Lipinski definition) is 2. The minimum absolute atomic E-state index is 0.312. The van der Waals surface area contributed by atoms with Crippen LogP contribution in [0.1, 0.15) is 96.1 Å². The molecule has 4 aliphatic carbocycles. The minimum atomic E-state index is -0.714. The number of ether oxygens (including phenoxy) is 1. The van der Waals surface area contributed by atoms with Gasteiger partial charge in [0.1, 0.15) is 5.75 Å². The Bertz CT molecular complexity index is 794. The van der Waals surface area contributed by atoms with E-state index in [0.717, 1.165) is 53.7 Å². The highest BCUT2D eigenvalue weighted by atomic mass is 16.5. The molecule has 4 fully saturated rings. The van der Waals surface area contributed by atoms with Crippen LogP contribution in [-0.2, 0) is 5.60 Å². The molecule has 1 aromatic carbocycles. The SMILES string of the molecule is COc1cc(C2C(C)CC3CC(C)CC2C3)cc(C2(O)C(C)CC3CC(C)CC2C3)c1. The first-order chi connectivity index (χ1) is 14.8. The molecule has 4 saturated carbocycles. The van der Waals surface area contributed by atoms with E-state index in [4.69, 9.17) is 4.74 Å². The number of methoxy groups -OCH3 is 1. The second-order valence-electron chi connectivity index (χ2n) is 12.5. The molecule has 2 nitrogen and oxygen atoms in total. The lowest BCUT2D eigenvalue weighted by atomic mass is 9.55. The topological polar surface area (TPSA) is 29.5 Å². The summed E-state index contributed by atoms with van der Waals surface area (Å²) < 4.78 is 5.83. The van der Waals surface area contributed by atoms with E-state index in [0.29, 0.717) is 23.7 Å². The summed E-state index contributed by atoms with van der Waals surface area (Å²) in [5, 5.41) is 12.3. The molecule has 5 rings (SSSR count). The average molecular weight is 425 g/mol. The molecule has 0 spiro atoms.